The molecule has 1 fully saturated rings. The van der Waals surface area contributed by atoms with Gasteiger partial charge in [-0.2, -0.15) is 0 Å². The number of amides is 1. The largest absolute Gasteiger partial charge is 0.377 e. The van der Waals surface area contributed by atoms with Crippen molar-refractivity contribution in [3.8, 4) is 0 Å². The van der Waals surface area contributed by atoms with Gasteiger partial charge in [-0.3, -0.25) is 4.79 Å². The number of carbonyl (C=O) groups excluding carboxylic acids is 1. The van der Waals surface area contributed by atoms with Crippen LogP contribution < -0.4 is 5.32 Å². The molecule has 18 heavy (non-hydrogen) atoms. The summed E-state index contributed by atoms with van der Waals surface area (Å²) in [5, 5.41) is 8.09. The van der Waals surface area contributed by atoms with Gasteiger partial charge in [-0.25, -0.2) is 0 Å². The van der Waals surface area contributed by atoms with Gasteiger partial charge in [0.05, 0.1) is 6.54 Å². The van der Waals surface area contributed by atoms with Crippen molar-refractivity contribution in [2.75, 3.05) is 18.9 Å². The zero-order chi connectivity index (χ0) is 13.3. The molecule has 2 heterocycles. The molecule has 5 nitrogen and oxygen atoms in total. The Hall–Kier alpha value is -1.17. The topological polar surface area (TPSA) is 58.1 Å². The Bertz CT molecular complexity index is 438. The summed E-state index contributed by atoms with van der Waals surface area (Å²) in [5.74, 6) is 0.652. The lowest BCUT2D eigenvalue weighted by atomic mass is 9.80. The summed E-state index contributed by atoms with van der Waals surface area (Å²) < 4.78 is 3.92. The SMILES string of the molecule is CNc1snnc1CN1CC(C(C)(C)C)CC1=O. The Labute approximate surface area is 112 Å². The lowest BCUT2D eigenvalue weighted by Gasteiger charge is -2.26. The van der Waals surface area contributed by atoms with Crippen LogP contribution in [0.4, 0.5) is 5.00 Å². The monoisotopic (exact) mass is 268 g/mol. The Kier molecular flexibility index (Phi) is 3.56. The molecule has 0 aromatic carbocycles. The molecule has 0 bridgehead atoms. The highest BCUT2D eigenvalue weighted by Crippen LogP contribution is 2.35. The van der Waals surface area contributed by atoms with Crippen molar-refractivity contribution in [1.82, 2.24) is 14.5 Å². The molecule has 0 spiro atoms. The van der Waals surface area contributed by atoms with Crippen LogP contribution in [0.15, 0.2) is 0 Å². The van der Waals surface area contributed by atoms with Crippen LogP contribution in [-0.2, 0) is 11.3 Å². The smallest absolute Gasteiger partial charge is 0.223 e. The van der Waals surface area contributed by atoms with E-state index in [1.54, 1.807) is 0 Å². The fourth-order valence-corrected chi connectivity index (χ4v) is 2.71. The highest BCUT2D eigenvalue weighted by Gasteiger charge is 2.37. The van der Waals surface area contributed by atoms with E-state index >= 15 is 0 Å². The lowest BCUT2D eigenvalue weighted by molar-refractivity contribution is -0.128. The summed E-state index contributed by atoms with van der Waals surface area (Å²) in [6.45, 7) is 7.97. The number of hydrogen-bond donors (Lipinski definition) is 1. The van der Waals surface area contributed by atoms with Crippen molar-refractivity contribution in [1.29, 1.82) is 0 Å². The minimum atomic E-state index is 0.177. The lowest BCUT2D eigenvalue weighted by Crippen LogP contribution is -2.27. The van der Waals surface area contributed by atoms with Gasteiger partial charge in [0.15, 0.2) is 0 Å². The molecule has 1 aliphatic rings. The van der Waals surface area contributed by atoms with Gasteiger partial charge in [0.25, 0.3) is 0 Å². The fraction of sp³-hybridized carbons (Fsp3) is 0.750. The molecule has 1 saturated heterocycles. The molecule has 1 aliphatic heterocycles. The Morgan fingerprint density at radius 2 is 2.22 bits per heavy atom. The van der Waals surface area contributed by atoms with Crippen LogP contribution >= 0.6 is 11.5 Å². The quantitative estimate of drug-likeness (QED) is 0.910. The Morgan fingerprint density at radius 3 is 2.78 bits per heavy atom. The van der Waals surface area contributed by atoms with Gasteiger partial charge in [-0.1, -0.05) is 25.3 Å². The molecule has 6 heteroatoms. The summed E-state index contributed by atoms with van der Waals surface area (Å²) >= 11 is 1.33. The second-order valence-corrected chi connectivity index (χ2v) is 6.59. The number of nitrogens with zero attached hydrogens (tertiary/aromatic N) is 3. The molecule has 1 aromatic rings. The van der Waals surface area contributed by atoms with E-state index in [0.29, 0.717) is 18.9 Å². The maximum Gasteiger partial charge on any atom is 0.223 e. The van der Waals surface area contributed by atoms with Crippen molar-refractivity contribution in [3.05, 3.63) is 5.69 Å². The minimum absolute atomic E-state index is 0.177. The first-order valence-electron chi connectivity index (χ1n) is 6.18. The standard InChI is InChI=1S/C12H20N4OS/c1-12(2,3)8-5-10(17)16(6-8)7-9-11(13-4)18-15-14-9/h8,13H,5-7H2,1-4H3. The third-order valence-corrected chi connectivity index (χ3v) is 4.35. The van der Waals surface area contributed by atoms with E-state index in [9.17, 15) is 4.79 Å². The summed E-state index contributed by atoms with van der Waals surface area (Å²) in [5.41, 5.74) is 1.04. The zero-order valence-electron chi connectivity index (χ0n) is 11.4. The molecule has 0 radical (unpaired) electrons. The highest BCUT2D eigenvalue weighted by atomic mass is 32.1. The van der Waals surface area contributed by atoms with Gasteiger partial charge in [0, 0.05) is 31.5 Å². The molecule has 100 valence electrons. The van der Waals surface area contributed by atoms with Gasteiger partial charge < -0.3 is 10.2 Å². The molecule has 1 N–H and O–H groups in total. The average molecular weight is 268 g/mol. The molecule has 1 aromatic heterocycles. The van der Waals surface area contributed by atoms with E-state index in [1.165, 1.54) is 11.5 Å². The number of aromatic nitrogens is 2. The molecule has 1 unspecified atom stereocenters. The van der Waals surface area contributed by atoms with Gasteiger partial charge in [0.2, 0.25) is 5.91 Å². The predicted molar refractivity (Wildman–Crippen MR) is 72.4 cm³/mol. The molecule has 1 amide bonds. The molecular weight excluding hydrogens is 248 g/mol. The van der Waals surface area contributed by atoms with Crippen LogP contribution in [0.2, 0.25) is 0 Å². The van der Waals surface area contributed by atoms with Crippen LogP contribution in [-0.4, -0.2) is 34.0 Å². The molecule has 0 aliphatic carbocycles. The van der Waals surface area contributed by atoms with E-state index < -0.39 is 0 Å². The van der Waals surface area contributed by atoms with Crippen LogP contribution in [0.5, 0.6) is 0 Å². The van der Waals surface area contributed by atoms with Crippen molar-refractivity contribution in [2.45, 2.75) is 33.7 Å². The van der Waals surface area contributed by atoms with E-state index in [0.717, 1.165) is 17.2 Å². The summed E-state index contributed by atoms with van der Waals surface area (Å²) in [6, 6.07) is 0. The van der Waals surface area contributed by atoms with E-state index in [4.69, 9.17) is 0 Å². The zero-order valence-corrected chi connectivity index (χ0v) is 12.2. The maximum absolute atomic E-state index is 12.0. The van der Waals surface area contributed by atoms with Crippen molar-refractivity contribution in [2.24, 2.45) is 11.3 Å². The number of nitrogens with one attached hydrogen (secondary N) is 1. The maximum atomic E-state index is 12.0. The van der Waals surface area contributed by atoms with Gasteiger partial charge in [-0.05, 0) is 11.3 Å². The summed E-state index contributed by atoms with van der Waals surface area (Å²) in [7, 11) is 1.85. The molecule has 1 atom stereocenters. The normalized spacial score (nSPS) is 20.6. The molecule has 2 rings (SSSR count). The fourth-order valence-electron chi connectivity index (χ4n) is 2.19. The number of hydrogen-bond acceptors (Lipinski definition) is 5. The first-order valence-corrected chi connectivity index (χ1v) is 6.96. The van der Waals surface area contributed by atoms with E-state index in [1.807, 2.05) is 11.9 Å². The number of rotatable bonds is 3. The Balaban J connectivity index is 2.05. The molecular formula is C12H20N4OS. The van der Waals surface area contributed by atoms with Crippen molar-refractivity contribution < 1.29 is 4.79 Å². The highest BCUT2D eigenvalue weighted by molar-refractivity contribution is 7.10. The number of carbonyl (C=O) groups is 1. The third-order valence-electron chi connectivity index (χ3n) is 3.56. The first kappa shape index (κ1) is 13.3. The van der Waals surface area contributed by atoms with Gasteiger partial charge >= 0.3 is 0 Å². The second kappa shape index (κ2) is 4.84. The van der Waals surface area contributed by atoms with Gasteiger partial charge in [0.1, 0.15) is 10.7 Å². The number of anilines is 1. The minimum Gasteiger partial charge on any atom is -0.377 e. The summed E-state index contributed by atoms with van der Waals surface area (Å²) in [4.78, 5) is 13.9. The number of likely N-dealkylation sites (tertiary alicyclic amines) is 1. The van der Waals surface area contributed by atoms with Crippen LogP contribution in [0.3, 0.4) is 0 Å². The molecule has 0 saturated carbocycles. The van der Waals surface area contributed by atoms with Crippen molar-refractivity contribution in [3.63, 3.8) is 0 Å². The average Bonchev–Trinajstić information content (AvgIpc) is 2.86. The van der Waals surface area contributed by atoms with Crippen LogP contribution in [0, 0.1) is 11.3 Å². The van der Waals surface area contributed by atoms with Crippen LogP contribution in [0.25, 0.3) is 0 Å². The Morgan fingerprint density at radius 1 is 1.50 bits per heavy atom. The van der Waals surface area contributed by atoms with E-state index in [-0.39, 0.29) is 11.3 Å². The summed E-state index contributed by atoms with van der Waals surface area (Å²) in [6.07, 6.45) is 0.649. The van der Waals surface area contributed by atoms with Crippen molar-refractivity contribution >= 4 is 22.4 Å². The third kappa shape index (κ3) is 2.63. The first-order chi connectivity index (χ1) is 8.41. The van der Waals surface area contributed by atoms with Gasteiger partial charge in [-0.15, -0.1) is 5.10 Å². The van der Waals surface area contributed by atoms with E-state index in [2.05, 4.69) is 35.7 Å². The van der Waals surface area contributed by atoms with Crippen LogP contribution in [0.1, 0.15) is 32.9 Å². The predicted octanol–water partition coefficient (Wildman–Crippen LogP) is 1.97. The second-order valence-electron chi connectivity index (χ2n) is 5.84.